The zero-order chi connectivity index (χ0) is 7.94. The Bertz CT molecular complexity index is 117. The standard InChI is InChI=1S/C9H16NO/c1-2-7-11-10-8-9-5-3-4-6-9/h9H,2-7H2,1H3. The lowest BCUT2D eigenvalue weighted by Crippen LogP contribution is -1.95. The summed E-state index contributed by atoms with van der Waals surface area (Å²) in [5.41, 5.74) is 0. The van der Waals surface area contributed by atoms with Crippen LogP contribution in [0.4, 0.5) is 0 Å². The second kappa shape index (κ2) is 5.16. The van der Waals surface area contributed by atoms with Gasteiger partial charge in [0.05, 0.1) is 0 Å². The van der Waals surface area contributed by atoms with E-state index in [0.717, 1.165) is 13.0 Å². The molecule has 1 rings (SSSR count). The number of nitrogens with zero attached hydrogens (tertiary/aromatic N) is 1. The van der Waals surface area contributed by atoms with Crippen LogP contribution in [0.1, 0.15) is 39.0 Å². The van der Waals surface area contributed by atoms with Crippen LogP contribution in [0.2, 0.25) is 0 Å². The first kappa shape index (κ1) is 8.57. The van der Waals surface area contributed by atoms with Crippen LogP contribution in [0.15, 0.2) is 5.16 Å². The zero-order valence-corrected chi connectivity index (χ0v) is 7.18. The van der Waals surface area contributed by atoms with Crippen LogP contribution >= 0.6 is 0 Å². The normalized spacial score (nSPS) is 19.7. The van der Waals surface area contributed by atoms with Crippen LogP contribution in [-0.2, 0) is 4.84 Å². The number of hydrogen-bond donors (Lipinski definition) is 0. The predicted molar refractivity (Wildman–Crippen MR) is 45.6 cm³/mol. The molecular weight excluding hydrogens is 138 g/mol. The summed E-state index contributed by atoms with van der Waals surface area (Å²) >= 11 is 0. The van der Waals surface area contributed by atoms with E-state index in [4.69, 9.17) is 4.84 Å². The van der Waals surface area contributed by atoms with Gasteiger partial charge in [-0.2, -0.15) is 0 Å². The molecule has 11 heavy (non-hydrogen) atoms. The van der Waals surface area contributed by atoms with Crippen LogP contribution in [0.25, 0.3) is 0 Å². The topological polar surface area (TPSA) is 21.6 Å². The zero-order valence-electron chi connectivity index (χ0n) is 7.18. The minimum atomic E-state index is 0.576. The molecule has 1 radical (unpaired) electrons. The summed E-state index contributed by atoms with van der Waals surface area (Å²) in [6.45, 7) is 2.80. The highest BCUT2D eigenvalue weighted by Gasteiger charge is 2.12. The Morgan fingerprint density at radius 2 is 2.18 bits per heavy atom. The summed E-state index contributed by atoms with van der Waals surface area (Å²) in [6, 6.07) is 0. The fourth-order valence-electron chi connectivity index (χ4n) is 1.30. The molecule has 0 saturated heterocycles. The van der Waals surface area contributed by atoms with Gasteiger partial charge in [-0.15, -0.1) is 0 Å². The van der Waals surface area contributed by atoms with Gasteiger partial charge in [0, 0.05) is 5.92 Å². The Hall–Kier alpha value is -0.530. The van der Waals surface area contributed by atoms with E-state index in [1.54, 1.807) is 0 Å². The fraction of sp³-hybridized carbons (Fsp3) is 0.889. The van der Waals surface area contributed by atoms with Crippen molar-refractivity contribution in [2.45, 2.75) is 39.0 Å². The minimum Gasteiger partial charge on any atom is -0.396 e. The molecule has 0 aromatic carbocycles. The van der Waals surface area contributed by atoms with E-state index in [0.29, 0.717) is 5.92 Å². The van der Waals surface area contributed by atoms with Crippen molar-refractivity contribution < 1.29 is 4.84 Å². The van der Waals surface area contributed by atoms with E-state index >= 15 is 0 Å². The highest BCUT2D eigenvalue weighted by Crippen LogP contribution is 2.22. The summed E-state index contributed by atoms with van der Waals surface area (Å²) < 4.78 is 0. The summed E-state index contributed by atoms with van der Waals surface area (Å²) in [6.07, 6.45) is 9.21. The van der Waals surface area contributed by atoms with E-state index in [2.05, 4.69) is 18.3 Å². The summed E-state index contributed by atoms with van der Waals surface area (Å²) in [4.78, 5) is 4.96. The van der Waals surface area contributed by atoms with Crippen molar-refractivity contribution in [3.05, 3.63) is 0 Å². The molecule has 0 atom stereocenters. The molecule has 2 nitrogen and oxygen atoms in total. The van der Waals surface area contributed by atoms with Gasteiger partial charge in [0.1, 0.15) is 12.8 Å². The second-order valence-corrected chi connectivity index (χ2v) is 3.03. The van der Waals surface area contributed by atoms with E-state index in [-0.39, 0.29) is 0 Å². The Morgan fingerprint density at radius 1 is 1.45 bits per heavy atom. The van der Waals surface area contributed by atoms with Gasteiger partial charge < -0.3 is 4.84 Å². The largest absolute Gasteiger partial charge is 0.396 e. The molecule has 63 valence electrons. The van der Waals surface area contributed by atoms with E-state index in [1.165, 1.54) is 25.7 Å². The minimum absolute atomic E-state index is 0.576. The average molecular weight is 154 g/mol. The summed E-state index contributed by atoms with van der Waals surface area (Å²) in [5, 5.41) is 3.79. The van der Waals surface area contributed by atoms with Crippen molar-refractivity contribution in [3.8, 4) is 0 Å². The SMILES string of the molecule is CCCO/N=[C]\C1CCCC1. The molecule has 2 heteroatoms. The lowest BCUT2D eigenvalue weighted by atomic mass is 10.1. The first-order chi connectivity index (χ1) is 5.43. The monoisotopic (exact) mass is 154 g/mol. The maximum absolute atomic E-state index is 4.96. The first-order valence-corrected chi connectivity index (χ1v) is 4.51. The molecule has 0 unspecified atom stereocenters. The van der Waals surface area contributed by atoms with Crippen molar-refractivity contribution in [1.82, 2.24) is 0 Å². The lowest BCUT2D eigenvalue weighted by molar-refractivity contribution is 0.145. The van der Waals surface area contributed by atoms with Gasteiger partial charge >= 0.3 is 0 Å². The van der Waals surface area contributed by atoms with E-state index in [1.807, 2.05) is 0 Å². The Balaban J connectivity index is 2.03. The van der Waals surface area contributed by atoms with Crippen LogP contribution < -0.4 is 0 Å². The van der Waals surface area contributed by atoms with Crippen LogP contribution in [-0.4, -0.2) is 12.8 Å². The number of rotatable bonds is 4. The van der Waals surface area contributed by atoms with Crippen molar-refractivity contribution in [2.75, 3.05) is 6.61 Å². The highest BCUT2D eigenvalue weighted by atomic mass is 16.6. The van der Waals surface area contributed by atoms with Gasteiger partial charge in [-0.25, -0.2) is 0 Å². The highest BCUT2D eigenvalue weighted by molar-refractivity contribution is 5.60. The number of hydrogen-bond acceptors (Lipinski definition) is 2. The molecule has 0 N–H and O–H groups in total. The molecule has 0 amide bonds. The van der Waals surface area contributed by atoms with Crippen LogP contribution in [0.5, 0.6) is 0 Å². The molecule has 0 aromatic rings. The Labute approximate surface area is 68.6 Å². The fourth-order valence-corrected chi connectivity index (χ4v) is 1.30. The van der Waals surface area contributed by atoms with Crippen molar-refractivity contribution in [3.63, 3.8) is 0 Å². The molecule has 1 aliphatic rings. The van der Waals surface area contributed by atoms with E-state index < -0.39 is 0 Å². The second-order valence-electron chi connectivity index (χ2n) is 3.03. The summed E-state index contributed by atoms with van der Waals surface area (Å²) in [5.74, 6) is 0.576. The van der Waals surface area contributed by atoms with Crippen LogP contribution in [0.3, 0.4) is 0 Å². The molecule has 1 saturated carbocycles. The Morgan fingerprint density at radius 3 is 2.82 bits per heavy atom. The molecule has 0 spiro atoms. The van der Waals surface area contributed by atoms with Crippen LogP contribution in [0, 0.1) is 5.92 Å². The van der Waals surface area contributed by atoms with Gasteiger partial charge in [0.2, 0.25) is 0 Å². The molecule has 0 aliphatic heterocycles. The summed E-state index contributed by atoms with van der Waals surface area (Å²) in [7, 11) is 0. The average Bonchev–Trinajstić information content (AvgIpc) is 2.50. The molecular formula is C9H16NO. The Kier molecular flexibility index (Phi) is 4.02. The third-order valence-corrected chi connectivity index (χ3v) is 1.95. The van der Waals surface area contributed by atoms with Gasteiger partial charge in [0.25, 0.3) is 0 Å². The third kappa shape index (κ3) is 3.40. The smallest absolute Gasteiger partial charge is 0.116 e. The predicted octanol–water partition coefficient (Wildman–Crippen LogP) is 2.47. The first-order valence-electron chi connectivity index (χ1n) is 4.51. The van der Waals surface area contributed by atoms with Gasteiger partial charge in [-0.1, -0.05) is 24.9 Å². The van der Waals surface area contributed by atoms with Gasteiger partial charge in [0.15, 0.2) is 0 Å². The maximum atomic E-state index is 4.96. The molecule has 1 fully saturated rings. The van der Waals surface area contributed by atoms with Crippen molar-refractivity contribution >= 4 is 6.21 Å². The molecule has 1 aliphatic carbocycles. The van der Waals surface area contributed by atoms with Crippen molar-refractivity contribution in [2.24, 2.45) is 11.1 Å². The molecule has 0 bridgehead atoms. The van der Waals surface area contributed by atoms with Crippen molar-refractivity contribution in [1.29, 1.82) is 0 Å². The van der Waals surface area contributed by atoms with E-state index in [9.17, 15) is 0 Å². The quantitative estimate of drug-likeness (QED) is 0.346. The lowest BCUT2D eigenvalue weighted by Gasteiger charge is -1.97. The third-order valence-electron chi connectivity index (χ3n) is 1.95. The molecule has 0 aromatic heterocycles. The van der Waals surface area contributed by atoms with Gasteiger partial charge in [-0.3, -0.25) is 0 Å². The molecule has 0 heterocycles. The maximum Gasteiger partial charge on any atom is 0.116 e. The van der Waals surface area contributed by atoms with Gasteiger partial charge in [-0.05, 0) is 19.3 Å².